The molecule has 27 heavy (non-hydrogen) atoms. The zero-order valence-electron chi connectivity index (χ0n) is 15.9. The van der Waals surface area contributed by atoms with Crippen molar-refractivity contribution in [3.8, 4) is 0 Å². The molecule has 0 spiro atoms. The topological polar surface area (TPSA) is 63.9 Å². The summed E-state index contributed by atoms with van der Waals surface area (Å²) < 4.78 is 2.18. The maximum Gasteiger partial charge on any atom is 0.256 e. The van der Waals surface area contributed by atoms with Crippen molar-refractivity contribution >= 4 is 5.91 Å². The van der Waals surface area contributed by atoms with Crippen molar-refractivity contribution in [1.82, 2.24) is 24.6 Å². The lowest BCUT2D eigenvalue weighted by molar-refractivity contribution is 0.0678. The highest BCUT2D eigenvalue weighted by Gasteiger charge is 2.30. The summed E-state index contributed by atoms with van der Waals surface area (Å²) in [6.45, 7) is 7.04. The van der Waals surface area contributed by atoms with Crippen LogP contribution in [0.3, 0.4) is 0 Å². The van der Waals surface area contributed by atoms with Gasteiger partial charge in [-0.2, -0.15) is 0 Å². The minimum Gasteiger partial charge on any atom is -0.329 e. The number of rotatable bonds is 3. The molecule has 0 bridgehead atoms. The molecule has 0 N–H and O–H groups in total. The van der Waals surface area contributed by atoms with E-state index in [-0.39, 0.29) is 11.9 Å². The average Bonchev–Trinajstić information content (AvgIpc) is 3.05. The quantitative estimate of drug-likeness (QED) is 0.719. The lowest BCUT2D eigenvalue weighted by Crippen LogP contribution is -2.41. The molecule has 0 radical (unpaired) electrons. The summed E-state index contributed by atoms with van der Waals surface area (Å²) in [5.74, 6) is 1.79. The molecule has 0 saturated heterocycles. The van der Waals surface area contributed by atoms with Crippen LogP contribution in [-0.4, -0.2) is 37.1 Å². The zero-order chi connectivity index (χ0) is 19.0. The highest BCUT2D eigenvalue weighted by atomic mass is 16.2. The Balaban J connectivity index is 1.58. The van der Waals surface area contributed by atoms with Gasteiger partial charge in [-0.3, -0.25) is 9.78 Å². The van der Waals surface area contributed by atoms with E-state index in [2.05, 4.69) is 38.8 Å². The average molecular weight is 361 g/mol. The third-order valence-electron chi connectivity index (χ3n) is 5.04. The number of nitrogens with zero attached hydrogens (tertiary/aromatic N) is 5. The Hall–Kier alpha value is -3.02. The van der Waals surface area contributed by atoms with E-state index >= 15 is 0 Å². The molecule has 1 aliphatic rings. The maximum absolute atomic E-state index is 13.0. The van der Waals surface area contributed by atoms with Crippen LogP contribution in [0.2, 0.25) is 0 Å². The lowest BCUT2D eigenvalue weighted by atomic mass is 10.1. The van der Waals surface area contributed by atoms with Gasteiger partial charge in [-0.15, -0.1) is 10.2 Å². The van der Waals surface area contributed by atoms with Gasteiger partial charge in [-0.25, -0.2) is 0 Å². The molecular formula is C21H23N5O. The zero-order valence-corrected chi connectivity index (χ0v) is 15.9. The standard InChI is InChI=1S/C21H23N5O/c1-14-9-10-18(16(3)22-14)21(27)25-12-15(2)26-19(23-24-20(26)13-25)11-17-7-5-4-6-8-17/h4-10,15H,11-13H2,1-3H3/t15-/m0/s1. The van der Waals surface area contributed by atoms with Crippen LogP contribution in [0.25, 0.3) is 0 Å². The number of aromatic nitrogens is 4. The molecule has 1 aliphatic heterocycles. The monoisotopic (exact) mass is 361 g/mol. The number of amides is 1. The van der Waals surface area contributed by atoms with Gasteiger partial charge >= 0.3 is 0 Å². The van der Waals surface area contributed by atoms with E-state index in [1.165, 1.54) is 5.56 Å². The molecule has 1 aromatic carbocycles. The highest BCUT2D eigenvalue weighted by molar-refractivity contribution is 5.95. The number of pyridine rings is 1. The Morgan fingerprint density at radius 3 is 2.63 bits per heavy atom. The van der Waals surface area contributed by atoms with E-state index in [0.717, 1.165) is 29.5 Å². The number of benzene rings is 1. The van der Waals surface area contributed by atoms with Crippen molar-refractivity contribution in [2.75, 3.05) is 6.54 Å². The Labute approximate surface area is 158 Å². The molecule has 2 aromatic heterocycles. The Kier molecular flexibility index (Phi) is 4.48. The smallest absolute Gasteiger partial charge is 0.256 e. The van der Waals surface area contributed by atoms with Gasteiger partial charge in [-0.1, -0.05) is 30.3 Å². The largest absolute Gasteiger partial charge is 0.329 e. The van der Waals surface area contributed by atoms with Crippen LogP contribution >= 0.6 is 0 Å². The minimum absolute atomic E-state index is 0.00529. The van der Waals surface area contributed by atoms with Crippen molar-refractivity contribution in [3.05, 3.63) is 76.6 Å². The summed E-state index contributed by atoms with van der Waals surface area (Å²) in [6, 6.07) is 14.1. The van der Waals surface area contributed by atoms with Crippen LogP contribution in [0.5, 0.6) is 0 Å². The normalized spacial score (nSPS) is 16.3. The number of carbonyl (C=O) groups is 1. The number of fused-ring (bicyclic) bond motifs is 1. The Morgan fingerprint density at radius 1 is 1.11 bits per heavy atom. The van der Waals surface area contributed by atoms with Gasteiger partial charge in [0.2, 0.25) is 0 Å². The van der Waals surface area contributed by atoms with Crippen molar-refractivity contribution < 1.29 is 4.79 Å². The molecule has 3 heterocycles. The second-order valence-electron chi connectivity index (χ2n) is 7.19. The fraction of sp³-hybridized carbons (Fsp3) is 0.333. The summed E-state index contributed by atoms with van der Waals surface area (Å²) in [6.07, 6.45) is 0.743. The summed E-state index contributed by atoms with van der Waals surface area (Å²) in [4.78, 5) is 19.3. The SMILES string of the molecule is Cc1ccc(C(=O)N2Cc3nnc(Cc4ccccc4)n3[C@@H](C)C2)c(C)n1. The van der Waals surface area contributed by atoms with E-state index in [1.807, 2.05) is 49.1 Å². The molecule has 3 aromatic rings. The molecular weight excluding hydrogens is 338 g/mol. The van der Waals surface area contributed by atoms with Gasteiger partial charge in [0, 0.05) is 18.7 Å². The predicted molar refractivity (Wildman–Crippen MR) is 102 cm³/mol. The maximum atomic E-state index is 13.0. The van der Waals surface area contributed by atoms with Gasteiger partial charge < -0.3 is 9.47 Å². The summed E-state index contributed by atoms with van der Waals surface area (Å²) in [7, 11) is 0. The second-order valence-corrected chi connectivity index (χ2v) is 7.19. The van der Waals surface area contributed by atoms with Gasteiger partial charge in [0.05, 0.1) is 23.8 Å². The minimum atomic E-state index is 0.00529. The molecule has 0 aliphatic carbocycles. The van der Waals surface area contributed by atoms with Gasteiger partial charge in [-0.05, 0) is 38.5 Å². The molecule has 1 atom stereocenters. The fourth-order valence-corrected chi connectivity index (χ4v) is 3.75. The molecule has 6 nitrogen and oxygen atoms in total. The molecule has 1 amide bonds. The number of carbonyl (C=O) groups excluding carboxylic acids is 1. The first kappa shape index (κ1) is 17.4. The molecule has 0 unspecified atom stereocenters. The van der Waals surface area contributed by atoms with E-state index < -0.39 is 0 Å². The first-order chi connectivity index (χ1) is 13.0. The van der Waals surface area contributed by atoms with E-state index in [4.69, 9.17) is 0 Å². The Bertz CT molecular complexity index is 979. The first-order valence-corrected chi connectivity index (χ1v) is 9.23. The number of hydrogen-bond donors (Lipinski definition) is 0. The van der Waals surface area contributed by atoms with E-state index in [0.29, 0.717) is 18.7 Å². The van der Waals surface area contributed by atoms with Gasteiger partial charge in [0.15, 0.2) is 5.82 Å². The van der Waals surface area contributed by atoms with Crippen LogP contribution in [0, 0.1) is 13.8 Å². The van der Waals surface area contributed by atoms with Crippen molar-refractivity contribution in [2.24, 2.45) is 0 Å². The van der Waals surface area contributed by atoms with Crippen LogP contribution in [0.1, 0.15) is 51.9 Å². The molecule has 138 valence electrons. The second kappa shape index (κ2) is 6.95. The number of hydrogen-bond acceptors (Lipinski definition) is 4. The number of aryl methyl sites for hydroxylation is 2. The van der Waals surface area contributed by atoms with Crippen LogP contribution in [-0.2, 0) is 13.0 Å². The Morgan fingerprint density at radius 2 is 1.89 bits per heavy atom. The van der Waals surface area contributed by atoms with Crippen LogP contribution in [0.4, 0.5) is 0 Å². The molecule has 0 fully saturated rings. The molecule has 4 rings (SSSR count). The molecule has 6 heteroatoms. The van der Waals surface area contributed by atoms with Crippen molar-refractivity contribution in [3.63, 3.8) is 0 Å². The van der Waals surface area contributed by atoms with Crippen molar-refractivity contribution in [2.45, 2.75) is 39.8 Å². The van der Waals surface area contributed by atoms with Crippen LogP contribution < -0.4 is 0 Å². The third-order valence-corrected chi connectivity index (χ3v) is 5.04. The first-order valence-electron chi connectivity index (χ1n) is 9.23. The fourth-order valence-electron chi connectivity index (χ4n) is 3.75. The predicted octanol–water partition coefficient (Wildman–Crippen LogP) is 3.10. The third kappa shape index (κ3) is 3.35. The summed E-state index contributed by atoms with van der Waals surface area (Å²) in [5, 5.41) is 8.77. The highest BCUT2D eigenvalue weighted by Crippen LogP contribution is 2.24. The lowest BCUT2D eigenvalue weighted by Gasteiger charge is -2.33. The summed E-state index contributed by atoms with van der Waals surface area (Å²) >= 11 is 0. The van der Waals surface area contributed by atoms with E-state index in [9.17, 15) is 4.79 Å². The summed E-state index contributed by atoms with van der Waals surface area (Å²) in [5.41, 5.74) is 3.55. The molecule has 0 saturated carbocycles. The van der Waals surface area contributed by atoms with Crippen LogP contribution in [0.15, 0.2) is 42.5 Å². The van der Waals surface area contributed by atoms with Crippen molar-refractivity contribution in [1.29, 1.82) is 0 Å². The van der Waals surface area contributed by atoms with E-state index in [1.54, 1.807) is 0 Å². The van der Waals surface area contributed by atoms with Gasteiger partial charge in [0.25, 0.3) is 5.91 Å². The van der Waals surface area contributed by atoms with Gasteiger partial charge in [0.1, 0.15) is 5.82 Å².